The van der Waals surface area contributed by atoms with Crippen LogP contribution < -0.4 is 10.9 Å². The molecular weight excluding hydrogens is 269 g/mol. The molecule has 1 unspecified atom stereocenters. The Kier molecular flexibility index (Phi) is 5.22. The molecule has 4 nitrogen and oxygen atoms in total. The van der Waals surface area contributed by atoms with Crippen molar-refractivity contribution in [3.05, 3.63) is 64.1 Å². The van der Waals surface area contributed by atoms with Crippen LogP contribution in [-0.4, -0.2) is 16.1 Å². The first-order valence-electron chi connectivity index (χ1n) is 7.12. The van der Waals surface area contributed by atoms with Gasteiger partial charge in [0.25, 0.3) is 5.56 Å². The molecule has 2 aromatic rings. The molecule has 1 atom stereocenters. The average molecular weight is 289 g/mol. The van der Waals surface area contributed by atoms with Gasteiger partial charge in [-0.15, -0.1) is 0 Å². The van der Waals surface area contributed by atoms with Gasteiger partial charge in [0, 0.05) is 23.9 Å². The van der Waals surface area contributed by atoms with Crippen LogP contribution in [0.15, 0.2) is 41.5 Å². The van der Waals surface area contributed by atoms with Crippen LogP contribution in [0.3, 0.4) is 0 Å². The van der Waals surface area contributed by atoms with E-state index in [-0.39, 0.29) is 17.4 Å². The molecule has 0 fully saturated rings. The van der Waals surface area contributed by atoms with Crippen molar-refractivity contribution in [2.45, 2.75) is 32.9 Å². The highest BCUT2D eigenvalue weighted by Gasteiger charge is 2.16. The molecule has 0 amide bonds. The zero-order valence-corrected chi connectivity index (χ0v) is 12.3. The molecule has 1 aromatic carbocycles. The van der Waals surface area contributed by atoms with E-state index >= 15 is 0 Å². The van der Waals surface area contributed by atoms with E-state index in [1.165, 1.54) is 23.0 Å². The van der Waals surface area contributed by atoms with Gasteiger partial charge in [-0.2, -0.15) is 0 Å². The molecular formula is C16H20FN3O. The molecule has 0 saturated heterocycles. The minimum absolute atomic E-state index is 0.123. The molecule has 1 aromatic heterocycles. The fourth-order valence-corrected chi connectivity index (χ4v) is 2.20. The number of nitrogens with one attached hydrogen (secondary N) is 1. The van der Waals surface area contributed by atoms with Crippen molar-refractivity contribution in [1.29, 1.82) is 0 Å². The van der Waals surface area contributed by atoms with Gasteiger partial charge in [0.1, 0.15) is 5.82 Å². The molecule has 1 N–H and O–H groups in total. The predicted octanol–water partition coefficient (Wildman–Crippen LogP) is 2.43. The SMILES string of the molecule is CCCNC(Cn1cnc(C)cc1=O)c1ccccc1F. The van der Waals surface area contributed by atoms with Gasteiger partial charge in [-0.1, -0.05) is 25.1 Å². The largest absolute Gasteiger partial charge is 0.308 e. The summed E-state index contributed by atoms with van der Waals surface area (Å²) in [5.74, 6) is -0.265. The summed E-state index contributed by atoms with van der Waals surface area (Å²) in [6.07, 6.45) is 2.45. The van der Waals surface area contributed by atoms with E-state index in [4.69, 9.17) is 0 Å². The monoisotopic (exact) mass is 289 g/mol. The molecule has 112 valence electrons. The van der Waals surface area contributed by atoms with Gasteiger partial charge in [-0.05, 0) is 26.0 Å². The first-order valence-corrected chi connectivity index (χ1v) is 7.12. The number of aryl methyl sites for hydroxylation is 1. The van der Waals surface area contributed by atoms with Gasteiger partial charge < -0.3 is 5.32 Å². The lowest BCUT2D eigenvalue weighted by Gasteiger charge is -2.20. The molecule has 0 aliphatic carbocycles. The highest BCUT2D eigenvalue weighted by atomic mass is 19.1. The van der Waals surface area contributed by atoms with Crippen LogP contribution in [0.1, 0.15) is 30.6 Å². The topological polar surface area (TPSA) is 46.9 Å². The number of hydrogen-bond acceptors (Lipinski definition) is 3. The Morgan fingerprint density at radius 2 is 2.14 bits per heavy atom. The van der Waals surface area contributed by atoms with Crippen LogP contribution in [0.5, 0.6) is 0 Å². The first-order chi connectivity index (χ1) is 10.1. The highest BCUT2D eigenvalue weighted by molar-refractivity contribution is 5.21. The maximum absolute atomic E-state index is 14.0. The lowest BCUT2D eigenvalue weighted by atomic mass is 10.1. The molecule has 0 aliphatic heterocycles. The van der Waals surface area contributed by atoms with Crippen molar-refractivity contribution >= 4 is 0 Å². The Hall–Kier alpha value is -2.01. The zero-order valence-electron chi connectivity index (χ0n) is 12.3. The van der Waals surface area contributed by atoms with Gasteiger partial charge in [-0.25, -0.2) is 9.37 Å². The number of rotatable bonds is 6. The van der Waals surface area contributed by atoms with Crippen molar-refractivity contribution < 1.29 is 4.39 Å². The van der Waals surface area contributed by atoms with E-state index < -0.39 is 0 Å². The van der Waals surface area contributed by atoms with Crippen molar-refractivity contribution in [3.8, 4) is 0 Å². The third kappa shape index (κ3) is 3.98. The predicted molar refractivity (Wildman–Crippen MR) is 80.7 cm³/mol. The van der Waals surface area contributed by atoms with Gasteiger partial charge in [-0.3, -0.25) is 9.36 Å². The Balaban J connectivity index is 2.28. The summed E-state index contributed by atoms with van der Waals surface area (Å²) < 4.78 is 15.5. The van der Waals surface area contributed by atoms with Crippen molar-refractivity contribution in [3.63, 3.8) is 0 Å². The van der Waals surface area contributed by atoms with Crippen LogP contribution in [-0.2, 0) is 6.54 Å². The summed E-state index contributed by atoms with van der Waals surface area (Å²) >= 11 is 0. The van der Waals surface area contributed by atoms with Crippen LogP contribution in [0.25, 0.3) is 0 Å². The van der Waals surface area contributed by atoms with E-state index in [1.807, 2.05) is 6.92 Å². The van der Waals surface area contributed by atoms with Gasteiger partial charge >= 0.3 is 0 Å². The summed E-state index contributed by atoms with van der Waals surface area (Å²) in [7, 11) is 0. The Morgan fingerprint density at radius 3 is 2.81 bits per heavy atom. The van der Waals surface area contributed by atoms with Crippen molar-refractivity contribution in [2.24, 2.45) is 0 Å². The standard InChI is InChI=1S/C16H20FN3O/c1-3-8-18-15(13-6-4-5-7-14(13)17)10-20-11-19-12(2)9-16(20)21/h4-7,9,11,15,18H,3,8,10H2,1-2H3. The first kappa shape index (κ1) is 15.4. The molecule has 0 aliphatic rings. The number of hydrogen-bond donors (Lipinski definition) is 1. The summed E-state index contributed by atoms with van der Waals surface area (Å²) in [5.41, 5.74) is 1.13. The van der Waals surface area contributed by atoms with Gasteiger partial charge in [0.2, 0.25) is 0 Å². The second-order valence-electron chi connectivity index (χ2n) is 5.05. The fraction of sp³-hybridized carbons (Fsp3) is 0.375. The molecule has 0 saturated carbocycles. The molecule has 0 spiro atoms. The normalized spacial score (nSPS) is 12.3. The zero-order chi connectivity index (χ0) is 15.2. The molecule has 21 heavy (non-hydrogen) atoms. The minimum Gasteiger partial charge on any atom is -0.308 e. The minimum atomic E-state index is -0.265. The summed E-state index contributed by atoms with van der Waals surface area (Å²) in [6.45, 7) is 4.93. The molecule has 2 rings (SSSR count). The maximum Gasteiger partial charge on any atom is 0.253 e. The maximum atomic E-state index is 14.0. The molecule has 1 heterocycles. The lowest BCUT2D eigenvalue weighted by Crippen LogP contribution is -2.31. The number of nitrogens with zero attached hydrogens (tertiary/aromatic N) is 2. The molecule has 0 radical (unpaired) electrons. The molecule has 5 heteroatoms. The van der Waals surface area contributed by atoms with E-state index in [2.05, 4.69) is 10.3 Å². The quantitative estimate of drug-likeness (QED) is 0.888. The van der Waals surface area contributed by atoms with Gasteiger partial charge in [0.05, 0.1) is 12.4 Å². The highest BCUT2D eigenvalue weighted by Crippen LogP contribution is 2.18. The van der Waals surface area contributed by atoms with Crippen LogP contribution in [0.2, 0.25) is 0 Å². The van der Waals surface area contributed by atoms with Crippen LogP contribution >= 0.6 is 0 Å². The third-order valence-electron chi connectivity index (χ3n) is 3.32. The van der Waals surface area contributed by atoms with E-state index in [0.717, 1.165) is 13.0 Å². The third-order valence-corrected chi connectivity index (χ3v) is 3.32. The molecule has 0 bridgehead atoms. The lowest BCUT2D eigenvalue weighted by molar-refractivity contribution is 0.435. The Labute approximate surface area is 123 Å². The summed E-state index contributed by atoms with van der Waals surface area (Å²) in [6, 6.07) is 7.87. The van der Waals surface area contributed by atoms with Crippen LogP contribution in [0.4, 0.5) is 4.39 Å². The average Bonchev–Trinajstić information content (AvgIpc) is 2.46. The van der Waals surface area contributed by atoms with E-state index in [9.17, 15) is 9.18 Å². The van der Waals surface area contributed by atoms with Crippen molar-refractivity contribution in [1.82, 2.24) is 14.9 Å². The van der Waals surface area contributed by atoms with Crippen molar-refractivity contribution in [2.75, 3.05) is 6.54 Å². The summed E-state index contributed by atoms with van der Waals surface area (Å²) in [5, 5.41) is 3.29. The van der Waals surface area contributed by atoms with E-state index in [1.54, 1.807) is 25.1 Å². The van der Waals surface area contributed by atoms with E-state index in [0.29, 0.717) is 17.8 Å². The Bertz CT molecular complexity index is 654. The second kappa shape index (κ2) is 7.13. The fourth-order valence-electron chi connectivity index (χ4n) is 2.20. The Morgan fingerprint density at radius 1 is 1.38 bits per heavy atom. The van der Waals surface area contributed by atoms with Crippen LogP contribution in [0, 0.1) is 12.7 Å². The second-order valence-corrected chi connectivity index (χ2v) is 5.05. The summed E-state index contributed by atoms with van der Waals surface area (Å²) in [4.78, 5) is 16.1. The number of aromatic nitrogens is 2. The van der Waals surface area contributed by atoms with Gasteiger partial charge in [0.15, 0.2) is 0 Å². The number of halogens is 1. The number of benzene rings is 1. The smallest absolute Gasteiger partial charge is 0.253 e.